The molecule has 6 nitrogen and oxygen atoms in total. The Labute approximate surface area is 141 Å². The predicted molar refractivity (Wildman–Crippen MR) is 88.4 cm³/mol. The summed E-state index contributed by atoms with van der Waals surface area (Å²) in [7, 11) is 0. The third-order valence-electron chi connectivity index (χ3n) is 5.19. The molecular formula is C16H24N4O2S. The highest BCUT2D eigenvalue weighted by molar-refractivity contribution is 7.07. The Balaban J connectivity index is 1.43. The summed E-state index contributed by atoms with van der Waals surface area (Å²) >= 11 is 1.65. The maximum Gasteiger partial charge on any atom is 0.320 e. The standard InChI is InChI=1S/C16H24N4O2S/c21-16(19-3-5-22-6-4-19)20-8-13-1-2-15(20)10-18(7-13)9-14-11-23-12-17-14/h11-13,15H,1-10H2/t13-,15+/m0/s1. The van der Waals surface area contributed by atoms with Crippen LogP contribution in [0.3, 0.4) is 0 Å². The molecule has 23 heavy (non-hydrogen) atoms. The lowest BCUT2D eigenvalue weighted by atomic mass is 9.95. The molecule has 2 atom stereocenters. The molecule has 0 aromatic carbocycles. The van der Waals surface area contributed by atoms with Gasteiger partial charge >= 0.3 is 6.03 Å². The number of rotatable bonds is 2. The monoisotopic (exact) mass is 336 g/mol. The van der Waals surface area contributed by atoms with E-state index in [1.807, 2.05) is 10.4 Å². The molecule has 0 N–H and O–H groups in total. The SMILES string of the molecule is O=C(N1CCOCC1)N1C[C@H]2CC[C@@H]1CN(Cc1cscn1)C2. The number of ether oxygens (including phenoxy) is 1. The fourth-order valence-electron chi connectivity index (χ4n) is 4.02. The number of carbonyl (C=O) groups is 1. The zero-order chi connectivity index (χ0) is 15.6. The van der Waals surface area contributed by atoms with Crippen molar-refractivity contribution in [2.24, 2.45) is 5.92 Å². The van der Waals surface area contributed by atoms with Gasteiger partial charge in [-0.25, -0.2) is 9.78 Å². The molecule has 4 saturated heterocycles. The van der Waals surface area contributed by atoms with Crippen LogP contribution in [0.2, 0.25) is 0 Å². The van der Waals surface area contributed by atoms with Crippen molar-refractivity contribution in [2.75, 3.05) is 45.9 Å². The van der Waals surface area contributed by atoms with Gasteiger partial charge in [0.25, 0.3) is 0 Å². The Bertz CT molecular complexity index is 532. The number of nitrogens with zero attached hydrogens (tertiary/aromatic N) is 4. The van der Waals surface area contributed by atoms with E-state index in [2.05, 4.69) is 20.2 Å². The van der Waals surface area contributed by atoms with Crippen molar-refractivity contribution in [1.82, 2.24) is 19.7 Å². The molecule has 4 aliphatic rings. The van der Waals surface area contributed by atoms with Gasteiger partial charge in [-0.05, 0) is 18.8 Å². The van der Waals surface area contributed by atoms with Gasteiger partial charge in [0.2, 0.25) is 0 Å². The lowest BCUT2D eigenvalue weighted by Gasteiger charge is -2.40. The molecule has 2 amide bonds. The number of amides is 2. The van der Waals surface area contributed by atoms with Crippen LogP contribution >= 0.6 is 11.3 Å². The normalized spacial score (nSPS) is 28.9. The third-order valence-corrected chi connectivity index (χ3v) is 5.82. The van der Waals surface area contributed by atoms with Gasteiger partial charge < -0.3 is 14.5 Å². The Morgan fingerprint density at radius 1 is 1.26 bits per heavy atom. The molecule has 1 aromatic rings. The molecule has 0 unspecified atom stereocenters. The number of fused-ring (bicyclic) bond motifs is 4. The summed E-state index contributed by atoms with van der Waals surface area (Å²) in [6, 6.07) is 0.571. The second-order valence-corrected chi connectivity index (χ2v) is 7.52. The highest BCUT2D eigenvalue weighted by Gasteiger charge is 2.38. The van der Waals surface area contributed by atoms with Crippen LogP contribution in [0.25, 0.3) is 0 Å². The van der Waals surface area contributed by atoms with Crippen molar-refractivity contribution in [2.45, 2.75) is 25.4 Å². The van der Waals surface area contributed by atoms with E-state index in [0.717, 1.165) is 51.4 Å². The van der Waals surface area contributed by atoms with Gasteiger partial charge in [-0.3, -0.25) is 4.90 Å². The summed E-state index contributed by atoms with van der Waals surface area (Å²) < 4.78 is 5.37. The Morgan fingerprint density at radius 2 is 2.13 bits per heavy atom. The van der Waals surface area contributed by atoms with Crippen LogP contribution in [0.4, 0.5) is 4.79 Å². The molecule has 0 saturated carbocycles. The quantitative estimate of drug-likeness (QED) is 0.821. The van der Waals surface area contributed by atoms with Crippen molar-refractivity contribution >= 4 is 17.4 Å². The van der Waals surface area contributed by atoms with Crippen LogP contribution in [-0.2, 0) is 11.3 Å². The van der Waals surface area contributed by atoms with Gasteiger partial charge in [-0.15, -0.1) is 11.3 Å². The Kier molecular flexibility index (Phi) is 4.50. The minimum atomic E-state index is 0.221. The van der Waals surface area contributed by atoms with Crippen molar-refractivity contribution in [3.05, 3.63) is 16.6 Å². The number of piperidine rings is 1. The lowest BCUT2D eigenvalue weighted by molar-refractivity contribution is 0.0341. The summed E-state index contributed by atoms with van der Waals surface area (Å²) in [4.78, 5) is 23.9. The van der Waals surface area contributed by atoms with Crippen molar-refractivity contribution in [1.29, 1.82) is 0 Å². The number of urea groups is 1. The number of hydrogen-bond acceptors (Lipinski definition) is 5. The minimum Gasteiger partial charge on any atom is -0.378 e. The van der Waals surface area contributed by atoms with Crippen molar-refractivity contribution in [3.8, 4) is 0 Å². The lowest BCUT2D eigenvalue weighted by Crippen LogP contribution is -2.54. The molecule has 5 rings (SSSR count). The van der Waals surface area contributed by atoms with Crippen LogP contribution in [0.1, 0.15) is 18.5 Å². The first kappa shape index (κ1) is 15.4. The summed E-state index contributed by atoms with van der Waals surface area (Å²) in [5, 5.41) is 2.13. The van der Waals surface area contributed by atoms with E-state index in [4.69, 9.17) is 4.74 Å². The van der Waals surface area contributed by atoms with Crippen LogP contribution in [0.5, 0.6) is 0 Å². The second-order valence-electron chi connectivity index (χ2n) is 6.81. The van der Waals surface area contributed by atoms with Gasteiger partial charge in [0, 0.05) is 50.7 Å². The maximum absolute atomic E-state index is 12.9. The molecule has 1 aromatic heterocycles. The first-order valence-corrected chi connectivity index (χ1v) is 9.46. The van der Waals surface area contributed by atoms with E-state index in [-0.39, 0.29) is 6.03 Å². The van der Waals surface area contributed by atoms with Gasteiger partial charge in [0.1, 0.15) is 0 Å². The zero-order valence-electron chi connectivity index (χ0n) is 13.4. The summed E-state index contributed by atoms with van der Waals surface area (Å²) in [6.45, 7) is 6.69. The van der Waals surface area contributed by atoms with Crippen LogP contribution < -0.4 is 0 Å². The Hall–Kier alpha value is -1.18. The van der Waals surface area contributed by atoms with Crippen molar-refractivity contribution in [3.63, 3.8) is 0 Å². The maximum atomic E-state index is 12.9. The molecule has 2 bridgehead atoms. The molecule has 0 aliphatic carbocycles. The first-order valence-electron chi connectivity index (χ1n) is 8.52. The van der Waals surface area contributed by atoms with E-state index in [0.29, 0.717) is 25.2 Å². The zero-order valence-corrected chi connectivity index (χ0v) is 14.2. The summed E-state index contributed by atoms with van der Waals surface area (Å²) in [5.74, 6) is 0.595. The van der Waals surface area contributed by atoms with Crippen LogP contribution in [-0.4, -0.2) is 77.7 Å². The number of thiazole rings is 1. The van der Waals surface area contributed by atoms with Gasteiger partial charge in [-0.1, -0.05) is 0 Å². The first-order chi connectivity index (χ1) is 11.3. The largest absolute Gasteiger partial charge is 0.378 e. The third kappa shape index (κ3) is 3.36. The number of hydrogen-bond donors (Lipinski definition) is 0. The number of carbonyl (C=O) groups excluding carboxylic acids is 1. The summed E-state index contributed by atoms with van der Waals surface area (Å²) in [6.07, 6.45) is 2.37. The summed E-state index contributed by atoms with van der Waals surface area (Å²) in [5.41, 5.74) is 3.05. The molecule has 7 heteroatoms. The average molecular weight is 336 g/mol. The molecular weight excluding hydrogens is 312 g/mol. The average Bonchev–Trinajstić information content (AvgIpc) is 2.94. The predicted octanol–water partition coefficient (Wildman–Crippen LogP) is 1.49. The van der Waals surface area contributed by atoms with E-state index in [1.54, 1.807) is 11.3 Å². The fourth-order valence-corrected chi connectivity index (χ4v) is 4.57. The molecule has 0 spiro atoms. The van der Waals surface area contributed by atoms with E-state index in [9.17, 15) is 4.79 Å². The molecule has 126 valence electrons. The highest BCUT2D eigenvalue weighted by atomic mass is 32.1. The number of morpholine rings is 1. The molecule has 5 heterocycles. The Morgan fingerprint density at radius 3 is 2.91 bits per heavy atom. The topological polar surface area (TPSA) is 48.9 Å². The second kappa shape index (κ2) is 6.75. The van der Waals surface area contributed by atoms with Crippen molar-refractivity contribution < 1.29 is 9.53 Å². The van der Waals surface area contributed by atoms with Gasteiger partial charge in [0.05, 0.1) is 24.4 Å². The fraction of sp³-hybridized carbons (Fsp3) is 0.750. The van der Waals surface area contributed by atoms with Crippen LogP contribution in [0.15, 0.2) is 10.9 Å². The molecule has 0 radical (unpaired) electrons. The van der Waals surface area contributed by atoms with Gasteiger partial charge in [-0.2, -0.15) is 0 Å². The van der Waals surface area contributed by atoms with E-state index in [1.165, 1.54) is 6.42 Å². The van der Waals surface area contributed by atoms with E-state index < -0.39 is 0 Å². The molecule has 4 fully saturated rings. The van der Waals surface area contributed by atoms with E-state index >= 15 is 0 Å². The number of aromatic nitrogens is 1. The molecule has 4 aliphatic heterocycles. The van der Waals surface area contributed by atoms with Gasteiger partial charge in [0.15, 0.2) is 0 Å². The smallest absolute Gasteiger partial charge is 0.320 e. The highest BCUT2D eigenvalue weighted by Crippen LogP contribution is 2.29. The van der Waals surface area contributed by atoms with Crippen LogP contribution in [0, 0.1) is 5.92 Å². The minimum absolute atomic E-state index is 0.221.